The minimum absolute atomic E-state index is 0.102. The first-order valence-corrected chi connectivity index (χ1v) is 6.66. The van der Waals surface area contributed by atoms with Crippen LogP contribution in [-0.4, -0.2) is 28.8 Å². The number of hydrogen-bond donors (Lipinski definition) is 2. The zero-order valence-electron chi connectivity index (χ0n) is 11.2. The van der Waals surface area contributed by atoms with Gasteiger partial charge in [0.15, 0.2) is 0 Å². The SMILES string of the molecule is Cc1nn(C)cc1NC(=O)CCC1CCNCC1. The van der Waals surface area contributed by atoms with Gasteiger partial charge in [-0.3, -0.25) is 9.48 Å². The fourth-order valence-corrected chi connectivity index (χ4v) is 2.44. The van der Waals surface area contributed by atoms with Gasteiger partial charge in [-0.15, -0.1) is 0 Å². The molecular formula is C13H22N4O. The summed E-state index contributed by atoms with van der Waals surface area (Å²) in [4.78, 5) is 11.9. The van der Waals surface area contributed by atoms with Crippen molar-refractivity contribution < 1.29 is 4.79 Å². The van der Waals surface area contributed by atoms with Gasteiger partial charge in [0.1, 0.15) is 0 Å². The van der Waals surface area contributed by atoms with Crippen molar-refractivity contribution in [1.29, 1.82) is 0 Å². The van der Waals surface area contributed by atoms with E-state index in [-0.39, 0.29) is 5.91 Å². The molecule has 1 fully saturated rings. The Morgan fingerprint density at radius 2 is 2.28 bits per heavy atom. The van der Waals surface area contributed by atoms with E-state index in [1.807, 2.05) is 20.2 Å². The molecule has 1 aromatic rings. The Morgan fingerprint density at radius 3 is 2.89 bits per heavy atom. The molecule has 5 nitrogen and oxygen atoms in total. The first kappa shape index (κ1) is 13.1. The highest BCUT2D eigenvalue weighted by Crippen LogP contribution is 2.18. The molecule has 1 aliphatic heterocycles. The molecule has 0 aliphatic carbocycles. The Labute approximate surface area is 108 Å². The van der Waals surface area contributed by atoms with Crippen molar-refractivity contribution in [3.05, 3.63) is 11.9 Å². The summed E-state index contributed by atoms with van der Waals surface area (Å²) in [7, 11) is 1.86. The van der Waals surface area contributed by atoms with E-state index in [2.05, 4.69) is 15.7 Å². The number of piperidine rings is 1. The summed E-state index contributed by atoms with van der Waals surface area (Å²) in [5.74, 6) is 0.802. The number of aryl methyl sites for hydroxylation is 2. The second-order valence-corrected chi connectivity index (χ2v) is 5.08. The van der Waals surface area contributed by atoms with E-state index < -0.39 is 0 Å². The maximum absolute atomic E-state index is 11.9. The van der Waals surface area contributed by atoms with Crippen molar-refractivity contribution in [2.24, 2.45) is 13.0 Å². The Morgan fingerprint density at radius 1 is 1.56 bits per heavy atom. The quantitative estimate of drug-likeness (QED) is 0.850. The second kappa shape index (κ2) is 6.00. The van der Waals surface area contributed by atoms with Crippen LogP contribution in [0.2, 0.25) is 0 Å². The van der Waals surface area contributed by atoms with Crippen LogP contribution in [0.5, 0.6) is 0 Å². The molecule has 0 atom stereocenters. The molecule has 2 heterocycles. The summed E-state index contributed by atoms with van der Waals surface area (Å²) < 4.78 is 1.72. The van der Waals surface area contributed by atoms with Crippen molar-refractivity contribution >= 4 is 11.6 Å². The predicted molar refractivity (Wildman–Crippen MR) is 71.4 cm³/mol. The van der Waals surface area contributed by atoms with E-state index in [4.69, 9.17) is 0 Å². The Balaban J connectivity index is 1.76. The average Bonchev–Trinajstić information content (AvgIpc) is 2.67. The van der Waals surface area contributed by atoms with Gasteiger partial charge >= 0.3 is 0 Å². The zero-order chi connectivity index (χ0) is 13.0. The van der Waals surface area contributed by atoms with Gasteiger partial charge in [-0.05, 0) is 45.2 Å². The minimum Gasteiger partial charge on any atom is -0.323 e. The van der Waals surface area contributed by atoms with E-state index in [0.717, 1.165) is 30.9 Å². The predicted octanol–water partition coefficient (Wildman–Crippen LogP) is 1.45. The Kier molecular flexibility index (Phi) is 4.36. The summed E-state index contributed by atoms with van der Waals surface area (Å²) in [6, 6.07) is 0. The third-order valence-electron chi connectivity index (χ3n) is 3.53. The monoisotopic (exact) mass is 250 g/mol. The summed E-state index contributed by atoms with van der Waals surface area (Å²) in [5.41, 5.74) is 1.69. The smallest absolute Gasteiger partial charge is 0.224 e. The Hall–Kier alpha value is -1.36. The van der Waals surface area contributed by atoms with Crippen LogP contribution < -0.4 is 10.6 Å². The molecular weight excluding hydrogens is 228 g/mol. The fraction of sp³-hybridized carbons (Fsp3) is 0.692. The molecule has 1 aliphatic rings. The van der Waals surface area contributed by atoms with E-state index in [1.54, 1.807) is 4.68 Å². The number of carbonyl (C=O) groups is 1. The molecule has 0 saturated carbocycles. The van der Waals surface area contributed by atoms with Crippen molar-refractivity contribution in [2.45, 2.75) is 32.6 Å². The molecule has 100 valence electrons. The number of rotatable bonds is 4. The van der Waals surface area contributed by atoms with Crippen molar-refractivity contribution in [2.75, 3.05) is 18.4 Å². The van der Waals surface area contributed by atoms with Gasteiger partial charge in [0.05, 0.1) is 11.4 Å². The lowest BCUT2D eigenvalue weighted by molar-refractivity contribution is -0.116. The van der Waals surface area contributed by atoms with Crippen LogP contribution in [0.25, 0.3) is 0 Å². The number of nitrogens with zero attached hydrogens (tertiary/aromatic N) is 2. The van der Waals surface area contributed by atoms with Crippen molar-refractivity contribution in [3.63, 3.8) is 0 Å². The lowest BCUT2D eigenvalue weighted by Crippen LogP contribution is -2.28. The highest BCUT2D eigenvalue weighted by Gasteiger charge is 2.15. The van der Waals surface area contributed by atoms with Crippen LogP contribution in [0.3, 0.4) is 0 Å². The molecule has 2 rings (SSSR count). The molecule has 0 spiro atoms. The van der Waals surface area contributed by atoms with Gasteiger partial charge in [-0.1, -0.05) is 0 Å². The van der Waals surface area contributed by atoms with E-state index >= 15 is 0 Å². The third kappa shape index (κ3) is 3.57. The summed E-state index contributed by atoms with van der Waals surface area (Å²) in [6.07, 6.45) is 5.84. The van der Waals surface area contributed by atoms with Crippen LogP contribution in [0, 0.1) is 12.8 Å². The summed E-state index contributed by atoms with van der Waals surface area (Å²) >= 11 is 0. The molecule has 2 N–H and O–H groups in total. The highest BCUT2D eigenvalue weighted by molar-refractivity contribution is 5.91. The molecule has 1 amide bonds. The molecule has 1 aromatic heterocycles. The van der Waals surface area contributed by atoms with Crippen LogP contribution in [-0.2, 0) is 11.8 Å². The topological polar surface area (TPSA) is 59.0 Å². The number of anilines is 1. The van der Waals surface area contributed by atoms with E-state index in [0.29, 0.717) is 12.3 Å². The molecule has 0 aromatic carbocycles. The molecule has 18 heavy (non-hydrogen) atoms. The maximum Gasteiger partial charge on any atom is 0.224 e. The zero-order valence-corrected chi connectivity index (χ0v) is 11.2. The number of aromatic nitrogens is 2. The number of nitrogens with one attached hydrogen (secondary N) is 2. The summed E-state index contributed by atoms with van der Waals surface area (Å²) in [6.45, 7) is 4.09. The third-order valence-corrected chi connectivity index (χ3v) is 3.53. The molecule has 1 saturated heterocycles. The standard InChI is InChI=1S/C13H22N4O/c1-10-12(9-17(2)16-10)15-13(18)4-3-11-5-7-14-8-6-11/h9,11,14H,3-8H2,1-2H3,(H,15,18). The van der Waals surface area contributed by atoms with Crippen molar-refractivity contribution in [3.8, 4) is 0 Å². The first-order chi connectivity index (χ1) is 8.65. The molecule has 5 heteroatoms. The Bertz CT molecular complexity index is 407. The lowest BCUT2D eigenvalue weighted by Gasteiger charge is -2.22. The largest absolute Gasteiger partial charge is 0.323 e. The van der Waals surface area contributed by atoms with Crippen LogP contribution >= 0.6 is 0 Å². The normalized spacial score (nSPS) is 16.8. The number of amides is 1. The van der Waals surface area contributed by atoms with E-state index in [9.17, 15) is 4.79 Å². The van der Waals surface area contributed by atoms with Gasteiger partial charge in [-0.25, -0.2) is 0 Å². The molecule has 0 radical (unpaired) electrons. The molecule has 0 bridgehead atoms. The maximum atomic E-state index is 11.9. The van der Waals surface area contributed by atoms with Gasteiger partial charge in [0, 0.05) is 19.7 Å². The lowest BCUT2D eigenvalue weighted by atomic mass is 9.93. The second-order valence-electron chi connectivity index (χ2n) is 5.08. The van der Waals surface area contributed by atoms with Gasteiger partial charge in [0.2, 0.25) is 5.91 Å². The van der Waals surface area contributed by atoms with E-state index in [1.165, 1.54) is 12.8 Å². The van der Waals surface area contributed by atoms with Crippen molar-refractivity contribution in [1.82, 2.24) is 15.1 Å². The molecule has 0 unspecified atom stereocenters. The van der Waals surface area contributed by atoms with Crippen LogP contribution in [0.15, 0.2) is 6.20 Å². The minimum atomic E-state index is 0.102. The van der Waals surface area contributed by atoms with Gasteiger partial charge in [0.25, 0.3) is 0 Å². The number of carbonyl (C=O) groups excluding carboxylic acids is 1. The van der Waals surface area contributed by atoms with Gasteiger partial charge < -0.3 is 10.6 Å². The highest BCUT2D eigenvalue weighted by atomic mass is 16.1. The van der Waals surface area contributed by atoms with Gasteiger partial charge in [-0.2, -0.15) is 5.10 Å². The van der Waals surface area contributed by atoms with Crippen LogP contribution in [0.1, 0.15) is 31.4 Å². The first-order valence-electron chi connectivity index (χ1n) is 6.66. The summed E-state index contributed by atoms with van der Waals surface area (Å²) in [5, 5.41) is 10.5. The number of hydrogen-bond acceptors (Lipinski definition) is 3. The fourth-order valence-electron chi connectivity index (χ4n) is 2.44. The average molecular weight is 250 g/mol. The van der Waals surface area contributed by atoms with Crippen LogP contribution in [0.4, 0.5) is 5.69 Å².